The minimum atomic E-state index is -1.49. The van der Waals surface area contributed by atoms with E-state index >= 15 is 0 Å². The van der Waals surface area contributed by atoms with E-state index in [9.17, 15) is 33.9 Å². The van der Waals surface area contributed by atoms with Gasteiger partial charge in [-0.05, 0) is 12.1 Å². The minimum absolute atomic E-state index is 0.0359. The van der Waals surface area contributed by atoms with Crippen molar-refractivity contribution in [3.63, 3.8) is 0 Å². The summed E-state index contributed by atoms with van der Waals surface area (Å²) in [6.45, 7) is 0.0373. The van der Waals surface area contributed by atoms with Crippen LogP contribution in [0, 0.1) is 5.41 Å². The number of esters is 1. The molecule has 3 aromatic rings. The first-order valence-electron chi connectivity index (χ1n) is 11.7. The van der Waals surface area contributed by atoms with Gasteiger partial charge < -0.3 is 29.5 Å². The van der Waals surface area contributed by atoms with E-state index in [0.29, 0.717) is 11.0 Å². The number of hydrogen-bond donors (Lipinski definition) is 3. The Balaban J connectivity index is 1.33. The molecule has 0 saturated carbocycles. The number of carboxylic acid groups (broad SMARTS) is 1. The van der Waals surface area contributed by atoms with Gasteiger partial charge in [-0.3, -0.25) is 24.1 Å². The number of nitrogens with one attached hydrogen (secondary N) is 2. The number of nitrogens with zero attached hydrogens (tertiary/aromatic N) is 3. The van der Waals surface area contributed by atoms with Gasteiger partial charge in [0.05, 0.1) is 29.5 Å². The predicted octanol–water partition coefficient (Wildman–Crippen LogP) is 0.431. The molecule has 15 heteroatoms. The first-order valence-corrected chi connectivity index (χ1v) is 12.8. The Bertz CT molecular complexity index is 1530. The molecule has 204 valence electrons. The SMILES string of the molecule is CC(=O)OCC1(C(=O)O)CS[C@@H]2C(N(C(=O)CNC(=O)n3c(=O)[nH]c4ccccc43)c3ccoc3)C(=O)N2C1. The average Bonchev–Trinajstić information content (AvgIpc) is 3.55. The van der Waals surface area contributed by atoms with E-state index in [-0.39, 0.29) is 18.0 Å². The number of furan rings is 1. The zero-order valence-corrected chi connectivity index (χ0v) is 21.3. The average molecular weight is 558 g/mol. The standard InChI is InChI=1S/C24H23N5O9S/c1-13(30)38-11-24(21(33)34)10-27-19(32)18(20(27)39-12-24)28(14-6-7-37-9-14)17(31)8-25-22(35)29-16-5-3-2-4-15(16)26-23(29)36/h2-7,9,18,20H,8,10-12H2,1H3,(H,25,35)(H,26,36)(H,33,34)/t18?,20-,24?/m1/s1. The Morgan fingerprint density at radius 1 is 1.26 bits per heavy atom. The smallest absolute Gasteiger partial charge is 0.334 e. The molecular weight excluding hydrogens is 534 g/mol. The lowest BCUT2D eigenvalue weighted by atomic mass is 9.87. The van der Waals surface area contributed by atoms with Gasteiger partial charge in [-0.25, -0.2) is 14.2 Å². The summed E-state index contributed by atoms with van der Waals surface area (Å²) < 4.78 is 10.9. The molecule has 39 heavy (non-hydrogen) atoms. The largest absolute Gasteiger partial charge is 0.481 e. The van der Waals surface area contributed by atoms with Crippen molar-refractivity contribution in [1.29, 1.82) is 0 Å². The fourth-order valence-corrected chi connectivity index (χ4v) is 6.22. The maximum absolute atomic E-state index is 13.4. The van der Waals surface area contributed by atoms with Crippen LogP contribution < -0.4 is 15.9 Å². The van der Waals surface area contributed by atoms with E-state index in [0.717, 1.165) is 16.3 Å². The molecule has 1 aromatic carbocycles. The lowest BCUT2D eigenvalue weighted by Gasteiger charge is -2.55. The van der Waals surface area contributed by atoms with Gasteiger partial charge in [0.15, 0.2) is 0 Å². The van der Waals surface area contributed by atoms with Gasteiger partial charge >= 0.3 is 23.7 Å². The molecule has 2 aliphatic heterocycles. The van der Waals surface area contributed by atoms with E-state index in [2.05, 4.69) is 10.3 Å². The van der Waals surface area contributed by atoms with Crippen LogP contribution in [0.25, 0.3) is 11.0 Å². The molecule has 3 atom stereocenters. The summed E-state index contributed by atoms with van der Waals surface area (Å²) in [4.78, 5) is 80.2. The number of imidazole rings is 1. The van der Waals surface area contributed by atoms with Crippen molar-refractivity contribution >= 4 is 58.3 Å². The Labute approximate surface area is 223 Å². The summed E-state index contributed by atoms with van der Waals surface area (Å²) in [6, 6.07) is 6.23. The number of aliphatic carboxylic acids is 1. The first-order chi connectivity index (χ1) is 18.6. The Morgan fingerprint density at radius 2 is 2.03 bits per heavy atom. The van der Waals surface area contributed by atoms with Crippen LogP contribution in [-0.2, 0) is 23.9 Å². The molecule has 0 radical (unpaired) electrons. The molecular formula is C24H23N5O9S. The monoisotopic (exact) mass is 557 g/mol. The van der Waals surface area contributed by atoms with Crippen molar-refractivity contribution in [3.8, 4) is 0 Å². The third kappa shape index (κ3) is 4.54. The van der Waals surface area contributed by atoms with E-state index < -0.39 is 65.5 Å². The highest BCUT2D eigenvalue weighted by Gasteiger charge is 2.60. The highest BCUT2D eigenvalue weighted by molar-refractivity contribution is 8.00. The predicted molar refractivity (Wildman–Crippen MR) is 136 cm³/mol. The van der Waals surface area contributed by atoms with Gasteiger partial charge in [0.1, 0.15) is 29.7 Å². The molecule has 3 amide bonds. The van der Waals surface area contributed by atoms with Crippen molar-refractivity contribution in [2.75, 3.05) is 30.3 Å². The van der Waals surface area contributed by atoms with Gasteiger partial charge in [0.25, 0.3) is 0 Å². The topological polar surface area (TPSA) is 184 Å². The van der Waals surface area contributed by atoms with Gasteiger partial charge in [0, 0.05) is 25.3 Å². The highest BCUT2D eigenvalue weighted by Crippen LogP contribution is 2.45. The second-order valence-corrected chi connectivity index (χ2v) is 10.3. The van der Waals surface area contributed by atoms with Crippen molar-refractivity contribution in [2.45, 2.75) is 18.3 Å². The molecule has 2 aromatic heterocycles. The number of fused-ring (bicyclic) bond motifs is 2. The fraction of sp³-hybridized carbons (Fsp3) is 0.333. The number of amides is 3. The van der Waals surface area contributed by atoms with Crippen LogP contribution in [0.1, 0.15) is 6.92 Å². The van der Waals surface area contributed by atoms with Crippen LogP contribution in [0.2, 0.25) is 0 Å². The molecule has 2 aliphatic rings. The van der Waals surface area contributed by atoms with E-state index in [4.69, 9.17) is 9.15 Å². The molecule has 4 heterocycles. The van der Waals surface area contributed by atoms with Crippen molar-refractivity contribution in [1.82, 2.24) is 19.8 Å². The van der Waals surface area contributed by atoms with Crippen LogP contribution in [0.3, 0.4) is 0 Å². The number of H-pyrrole nitrogens is 1. The number of rotatable bonds is 7. The zero-order chi connectivity index (χ0) is 27.9. The van der Waals surface area contributed by atoms with Gasteiger partial charge in [0.2, 0.25) is 11.8 Å². The van der Waals surface area contributed by atoms with Gasteiger partial charge in [-0.15, -0.1) is 11.8 Å². The summed E-state index contributed by atoms with van der Waals surface area (Å²) in [7, 11) is 0. The van der Waals surface area contributed by atoms with Crippen LogP contribution in [0.15, 0.2) is 52.1 Å². The van der Waals surface area contributed by atoms with Crippen molar-refractivity contribution in [3.05, 3.63) is 53.3 Å². The maximum atomic E-state index is 13.4. The van der Waals surface area contributed by atoms with Crippen LogP contribution in [0.4, 0.5) is 10.5 Å². The lowest BCUT2D eigenvalue weighted by molar-refractivity contribution is -0.164. The van der Waals surface area contributed by atoms with Crippen molar-refractivity contribution in [2.24, 2.45) is 5.41 Å². The lowest BCUT2D eigenvalue weighted by Crippen LogP contribution is -2.75. The zero-order valence-electron chi connectivity index (χ0n) is 20.5. The number of thioether (sulfide) groups is 1. The molecule has 2 unspecified atom stereocenters. The number of carbonyl (C=O) groups excluding carboxylic acids is 4. The maximum Gasteiger partial charge on any atom is 0.334 e. The molecule has 0 bridgehead atoms. The van der Waals surface area contributed by atoms with Gasteiger partial charge in [-0.2, -0.15) is 0 Å². The molecule has 14 nitrogen and oxygen atoms in total. The number of aromatic nitrogens is 2. The number of β-lactam (4-membered cyclic amide) rings is 1. The van der Waals surface area contributed by atoms with Crippen molar-refractivity contribution < 1.29 is 38.2 Å². The van der Waals surface area contributed by atoms with E-state index in [1.165, 1.54) is 35.3 Å². The van der Waals surface area contributed by atoms with E-state index in [1.807, 2.05) is 0 Å². The van der Waals surface area contributed by atoms with Gasteiger partial charge in [-0.1, -0.05) is 12.1 Å². The number of ether oxygens (including phenoxy) is 1. The minimum Gasteiger partial charge on any atom is -0.481 e. The Morgan fingerprint density at radius 3 is 2.72 bits per heavy atom. The Kier molecular flexibility index (Phi) is 6.68. The highest BCUT2D eigenvalue weighted by atomic mass is 32.2. The number of aromatic amines is 1. The van der Waals surface area contributed by atoms with Crippen LogP contribution >= 0.6 is 11.8 Å². The molecule has 0 spiro atoms. The molecule has 2 fully saturated rings. The van der Waals surface area contributed by atoms with Crippen LogP contribution in [0.5, 0.6) is 0 Å². The molecule has 2 saturated heterocycles. The number of carboxylic acids is 1. The first kappa shape index (κ1) is 26.1. The van der Waals surface area contributed by atoms with E-state index in [1.54, 1.807) is 24.3 Å². The summed E-state index contributed by atoms with van der Waals surface area (Å²) in [5.74, 6) is -2.96. The number of anilines is 1. The fourth-order valence-electron chi connectivity index (χ4n) is 4.65. The molecule has 5 rings (SSSR count). The number of benzene rings is 1. The van der Waals surface area contributed by atoms with Crippen LogP contribution in [-0.4, -0.2) is 86.2 Å². The Hall–Kier alpha value is -4.53. The summed E-state index contributed by atoms with van der Waals surface area (Å²) >= 11 is 1.15. The normalized spacial score (nSPS) is 22.1. The molecule has 0 aliphatic carbocycles. The summed E-state index contributed by atoms with van der Waals surface area (Å²) in [6.07, 6.45) is 2.60. The molecule has 3 N–H and O–H groups in total. The second-order valence-electron chi connectivity index (χ2n) is 9.16. The quantitative estimate of drug-likeness (QED) is 0.272. The number of para-hydroxylation sites is 2. The number of carbonyl (C=O) groups is 5. The summed E-state index contributed by atoms with van der Waals surface area (Å²) in [5, 5.41) is 11.7. The summed E-state index contributed by atoms with van der Waals surface area (Å²) in [5.41, 5.74) is -1.11. The third-order valence-electron chi connectivity index (χ3n) is 6.64. The number of hydrogen-bond acceptors (Lipinski definition) is 9. The second kappa shape index (κ2) is 9.98. The third-order valence-corrected chi connectivity index (χ3v) is 8.21.